The highest BCUT2D eigenvalue weighted by atomic mass is 19.1. The smallest absolute Gasteiger partial charge is 0.227 e. The summed E-state index contributed by atoms with van der Waals surface area (Å²) in [4.78, 5) is 14.8. The van der Waals surface area contributed by atoms with Crippen LogP contribution in [0.25, 0.3) is 11.3 Å². The van der Waals surface area contributed by atoms with E-state index in [1.54, 1.807) is 24.4 Å². The Bertz CT molecular complexity index is 949. The van der Waals surface area contributed by atoms with Crippen molar-refractivity contribution >= 4 is 5.91 Å². The summed E-state index contributed by atoms with van der Waals surface area (Å²) in [5, 5.41) is 11.1. The average Bonchev–Trinajstić information content (AvgIpc) is 3.32. The maximum absolute atomic E-state index is 14.0. The van der Waals surface area contributed by atoms with Crippen molar-refractivity contribution in [1.82, 2.24) is 20.3 Å². The van der Waals surface area contributed by atoms with Crippen molar-refractivity contribution in [3.05, 3.63) is 59.3 Å². The molecule has 0 saturated carbocycles. The third-order valence-electron chi connectivity index (χ3n) is 5.02. The predicted molar refractivity (Wildman–Crippen MR) is 97.2 cm³/mol. The lowest BCUT2D eigenvalue weighted by Gasteiger charge is -2.35. The molecule has 1 saturated heterocycles. The standard InChI is InChI=1S/C20H21FN4O2/c1-13-10-18(27-24-13)15-12-22-23-20(15)17-8-4-5-9-25(17)19(26)11-14-6-2-3-7-16(14)21/h2-3,6-7,10,12,17H,4-5,8-9,11H2,1H3,(H,22,23)/t17-/m1/s1. The molecule has 7 heteroatoms. The molecule has 4 rings (SSSR count). The summed E-state index contributed by atoms with van der Waals surface area (Å²) in [5.74, 6) is 0.196. The number of aromatic amines is 1. The minimum absolute atomic E-state index is 0.0497. The molecule has 3 heterocycles. The fourth-order valence-corrected chi connectivity index (χ4v) is 3.67. The number of piperidine rings is 1. The van der Waals surface area contributed by atoms with Crippen molar-refractivity contribution < 1.29 is 13.7 Å². The summed E-state index contributed by atoms with van der Waals surface area (Å²) in [7, 11) is 0. The van der Waals surface area contributed by atoms with E-state index in [1.807, 2.05) is 17.9 Å². The number of hydrogen-bond donors (Lipinski definition) is 1. The van der Waals surface area contributed by atoms with Crippen LogP contribution in [0.3, 0.4) is 0 Å². The molecule has 140 valence electrons. The van der Waals surface area contributed by atoms with E-state index in [0.717, 1.165) is 36.2 Å². The third kappa shape index (κ3) is 3.49. The van der Waals surface area contributed by atoms with Crippen molar-refractivity contribution in [3.63, 3.8) is 0 Å². The maximum Gasteiger partial charge on any atom is 0.227 e. The van der Waals surface area contributed by atoms with Gasteiger partial charge in [0.2, 0.25) is 5.91 Å². The van der Waals surface area contributed by atoms with E-state index < -0.39 is 0 Å². The van der Waals surface area contributed by atoms with Gasteiger partial charge in [-0.2, -0.15) is 5.10 Å². The number of likely N-dealkylation sites (tertiary alicyclic amines) is 1. The van der Waals surface area contributed by atoms with Gasteiger partial charge in [0.05, 0.1) is 35.6 Å². The number of H-pyrrole nitrogens is 1. The van der Waals surface area contributed by atoms with Gasteiger partial charge in [-0.25, -0.2) is 4.39 Å². The van der Waals surface area contributed by atoms with Gasteiger partial charge in [0.15, 0.2) is 5.76 Å². The number of carbonyl (C=O) groups is 1. The van der Waals surface area contributed by atoms with Crippen LogP contribution >= 0.6 is 0 Å². The molecule has 1 N–H and O–H groups in total. The second-order valence-corrected chi connectivity index (χ2v) is 6.90. The predicted octanol–water partition coefficient (Wildman–Crippen LogP) is 3.81. The van der Waals surface area contributed by atoms with Crippen LogP contribution in [-0.4, -0.2) is 32.7 Å². The van der Waals surface area contributed by atoms with Crippen molar-refractivity contribution in [3.8, 4) is 11.3 Å². The van der Waals surface area contributed by atoms with Crippen LogP contribution in [0.4, 0.5) is 4.39 Å². The van der Waals surface area contributed by atoms with Gasteiger partial charge in [-0.05, 0) is 37.8 Å². The van der Waals surface area contributed by atoms with Gasteiger partial charge >= 0.3 is 0 Å². The Balaban J connectivity index is 1.61. The number of nitrogens with zero attached hydrogens (tertiary/aromatic N) is 3. The molecule has 1 amide bonds. The van der Waals surface area contributed by atoms with Crippen LogP contribution in [-0.2, 0) is 11.2 Å². The number of aromatic nitrogens is 3. The van der Waals surface area contributed by atoms with Crippen LogP contribution in [0.5, 0.6) is 0 Å². The highest BCUT2D eigenvalue weighted by molar-refractivity contribution is 5.79. The van der Waals surface area contributed by atoms with E-state index in [2.05, 4.69) is 15.4 Å². The van der Waals surface area contributed by atoms with E-state index in [9.17, 15) is 9.18 Å². The Labute approximate surface area is 156 Å². The van der Waals surface area contributed by atoms with Crippen LogP contribution in [0, 0.1) is 12.7 Å². The molecule has 1 aliphatic rings. The van der Waals surface area contributed by atoms with Crippen LogP contribution in [0.15, 0.2) is 41.1 Å². The van der Waals surface area contributed by atoms with Crippen molar-refractivity contribution in [1.29, 1.82) is 0 Å². The molecule has 0 bridgehead atoms. The van der Waals surface area contributed by atoms with Crippen LogP contribution < -0.4 is 0 Å². The van der Waals surface area contributed by atoms with Gasteiger partial charge in [-0.3, -0.25) is 9.89 Å². The summed E-state index contributed by atoms with van der Waals surface area (Å²) in [6.07, 6.45) is 4.52. The summed E-state index contributed by atoms with van der Waals surface area (Å²) in [6, 6.07) is 8.13. The first-order chi connectivity index (χ1) is 13.1. The number of benzene rings is 1. The van der Waals surface area contributed by atoms with Gasteiger partial charge in [-0.1, -0.05) is 23.4 Å². The minimum atomic E-state index is -0.348. The number of aryl methyl sites for hydroxylation is 1. The first-order valence-corrected chi connectivity index (χ1v) is 9.13. The van der Waals surface area contributed by atoms with E-state index in [0.29, 0.717) is 17.9 Å². The normalized spacial score (nSPS) is 17.3. The molecule has 1 fully saturated rings. The highest BCUT2D eigenvalue weighted by Gasteiger charge is 2.32. The number of amides is 1. The molecule has 1 aromatic carbocycles. The lowest BCUT2D eigenvalue weighted by atomic mass is 9.95. The molecule has 0 unspecified atom stereocenters. The zero-order valence-corrected chi connectivity index (χ0v) is 15.1. The van der Waals surface area contributed by atoms with Crippen molar-refractivity contribution in [2.24, 2.45) is 0 Å². The molecular weight excluding hydrogens is 347 g/mol. The Morgan fingerprint density at radius 3 is 3.00 bits per heavy atom. The second-order valence-electron chi connectivity index (χ2n) is 6.90. The summed E-state index contributed by atoms with van der Waals surface area (Å²) < 4.78 is 19.4. The lowest BCUT2D eigenvalue weighted by Crippen LogP contribution is -2.39. The molecule has 0 aliphatic carbocycles. The minimum Gasteiger partial charge on any atom is -0.356 e. The van der Waals surface area contributed by atoms with E-state index in [1.165, 1.54) is 6.07 Å². The number of halogens is 1. The first-order valence-electron chi connectivity index (χ1n) is 9.13. The van der Waals surface area contributed by atoms with Gasteiger partial charge in [0, 0.05) is 12.6 Å². The molecular formula is C20H21FN4O2. The van der Waals surface area contributed by atoms with Crippen LogP contribution in [0.2, 0.25) is 0 Å². The zero-order chi connectivity index (χ0) is 18.8. The quantitative estimate of drug-likeness (QED) is 0.760. The van der Waals surface area contributed by atoms with Gasteiger partial charge < -0.3 is 9.42 Å². The van der Waals surface area contributed by atoms with Gasteiger partial charge in [-0.15, -0.1) is 0 Å². The largest absolute Gasteiger partial charge is 0.356 e. The Morgan fingerprint density at radius 2 is 2.22 bits per heavy atom. The Morgan fingerprint density at radius 1 is 1.37 bits per heavy atom. The summed E-state index contributed by atoms with van der Waals surface area (Å²) >= 11 is 0. The van der Waals surface area contributed by atoms with E-state index in [-0.39, 0.29) is 24.2 Å². The molecule has 0 spiro atoms. The number of nitrogens with one attached hydrogen (secondary N) is 1. The molecule has 1 aliphatic heterocycles. The molecule has 6 nitrogen and oxygen atoms in total. The molecule has 2 aromatic heterocycles. The van der Waals surface area contributed by atoms with Gasteiger partial charge in [0.1, 0.15) is 5.82 Å². The molecule has 0 radical (unpaired) electrons. The van der Waals surface area contributed by atoms with E-state index in [4.69, 9.17) is 4.52 Å². The van der Waals surface area contributed by atoms with Gasteiger partial charge in [0.25, 0.3) is 0 Å². The summed E-state index contributed by atoms with van der Waals surface area (Å²) in [5.41, 5.74) is 2.86. The van der Waals surface area contributed by atoms with Crippen LogP contribution in [0.1, 0.15) is 42.3 Å². The first kappa shape index (κ1) is 17.5. The molecule has 3 aromatic rings. The fourth-order valence-electron chi connectivity index (χ4n) is 3.67. The van der Waals surface area contributed by atoms with E-state index >= 15 is 0 Å². The van der Waals surface area contributed by atoms with Crippen molar-refractivity contribution in [2.75, 3.05) is 6.54 Å². The lowest BCUT2D eigenvalue weighted by molar-refractivity contribution is -0.134. The highest BCUT2D eigenvalue weighted by Crippen LogP contribution is 2.36. The molecule has 1 atom stereocenters. The Kier molecular flexibility index (Phi) is 4.75. The number of carbonyl (C=O) groups excluding carboxylic acids is 1. The summed E-state index contributed by atoms with van der Waals surface area (Å²) in [6.45, 7) is 2.50. The monoisotopic (exact) mass is 368 g/mol. The third-order valence-corrected chi connectivity index (χ3v) is 5.02. The Hall–Kier alpha value is -2.96. The van der Waals surface area contributed by atoms with Crippen molar-refractivity contribution in [2.45, 2.75) is 38.6 Å². The SMILES string of the molecule is Cc1cc(-c2cn[nH]c2[C@H]2CCCCN2C(=O)Cc2ccccc2F)on1. The topological polar surface area (TPSA) is 75.0 Å². The fraction of sp³-hybridized carbons (Fsp3) is 0.350. The number of hydrogen-bond acceptors (Lipinski definition) is 4. The zero-order valence-electron chi connectivity index (χ0n) is 15.1. The maximum atomic E-state index is 14.0. The number of rotatable bonds is 4. The molecule has 27 heavy (non-hydrogen) atoms. The average molecular weight is 368 g/mol. The second kappa shape index (κ2) is 7.34.